The summed E-state index contributed by atoms with van der Waals surface area (Å²) in [6.45, 7) is 5.59. The van der Waals surface area contributed by atoms with Gasteiger partial charge in [-0.3, -0.25) is 10.2 Å². The van der Waals surface area contributed by atoms with Crippen molar-refractivity contribution >= 4 is 34.7 Å². The Bertz CT molecular complexity index is 1320. The van der Waals surface area contributed by atoms with Crippen molar-refractivity contribution in [3.63, 3.8) is 0 Å². The van der Waals surface area contributed by atoms with Crippen molar-refractivity contribution in [2.24, 2.45) is 10.2 Å². The van der Waals surface area contributed by atoms with Gasteiger partial charge in [0.1, 0.15) is 5.75 Å². The normalized spacial score (nSPS) is 14.5. The lowest BCUT2D eigenvalue weighted by Gasteiger charge is -2.13. The number of aromatic hydroxyl groups is 1. The number of para-hydroxylation sites is 1. The molecular formula is C25H22N4O4. The lowest BCUT2D eigenvalue weighted by atomic mass is 10.0. The molecule has 8 nitrogen and oxygen atoms in total. The van der Waals surface area contributed by atoms with Gasteiger partial charge in [-0.1, -0.05) is 30.3 Å². The number of aryl methyl sites for hydroxylation is 2. The molecule has 0 radical (unpaired) electrons. The zero-order chi connectivity index (χ0) is 23.7. The maximum absolute atomic E-state index is 13.0. The minimum atomic E-state index is -1.06. The summed E-state index contributed by atoms with van der Waals surface area (Å²) < 4.78 is 0. The lowest BCUT2D eigenvalue weighted by Crippen LogP contribution is -2.28. The van der Waals surface area contributed by atoms with Crippen LogP contribution in [0.4, 0.5) is 11.4 Å². The lowest BCUT2D eigenvalue weighted by molar-refractivity contribution is -0.112. The Hall–Kier alpha value is -4.46. The molecule has 0 aliphatic carbocycles. The van der Waals surface area contributed by atoms with E-state index in [0.717, 1.165) is 11.1 Å². The number of benzene rings is 3. The smallest absolute Gasteiger partial charge is 0.335 e. The van der Waals surface area contributed by atoms with Gasteiger partial charge < -0.3 is 10.2 Å². The molecule has 8 heteroatoms. The Morgan fingerprint density at radius 2 is 1.70 bits per heavy atom. The molecule has 1 aliphatic heterocycles. The van der Waals surface area contributed by atoms with E-state index >= 15 is 0 Å². The van der Waals surface area contributed by atoms with Crippen LogP contribution in [0.2, 0.25) is 0 Å². The molecule has 33 heavy (non-hydrogen) atoms. The van der Waals surface area contributed by atoms with Gasteiger partial charge in [-0.25, -0.2) is 4.79 Å². The number of phenolic OH excluding ortho intramolecular Hbond substituents is 1. The number of hydrogen-bond acceptors (Lipinski definition) is 6. The third kappa shape index (κ3) is 4.31. The monoisotopic (exact) mass is 442 g/mol. The van der Waals surface area contributed by atoms with E-state index < -0.39 is 5.97 Å². The van der Waals surface area contributed by atoms with Crippen LogP contribution in [-0.4, -0.2) is 33.5 Å². The number of hydrogen-bond donors (Lipinski definition) is 3. The van der Waals surface area contributed by atoms with E-state index in [0.29, 0.717) is 22.5 Å². The second kappa shape index (κ2) is 8.58. The van der Waals surface area contributed by atoms with Crippen molar-refractivity contribution in [1.82, 2.24) is 0 Å². The molecule has 3 aromatic rings. The summed E-state index contributed by atoms with van der Waals surface area (Å²) in [6.07, 6.45) is 0. The van der Waals surface area contributed by atoms with Crippen molar-refractivity contribution in [3.05, 3.63) is 77.4 Å². The van der Waals surface area contributed by atoms with Crippen LogP contribution >= 0.6 is 0 Å². The highest BCUT2D eigenvalue weighted by Gasteiger charge is 2.31. The molecule has 1 heterocycles. The van der Waals surface area contributed by atoms with Crippen LogP contribution in [0.3, 0.4) is 0 Å². The van der Waals surface area contributed by atoms with E-state index in [4.69, 9.17) is 0 Å². The molecule has 0 bridgehead atoms. The van der Waals surface area contributed by atoms with Crippen LogP contribution in [0.1, 0.15) is 28.4 Å². The molecule has 166 valence electrons. The first kappa shape index (κ1) is 21.8. The molecule has 3 N–H and O–H groups in total. The molecule has 0 atom stereocenters. The number of nitrogens with zero attached hydrogens (tertiary/aromatic N) is 3. The van der Waals surface area contributed by atoms with Gasteiger partial charge in [0, 0.05) is 5.56 Å². The van der Waals surface area contributed by atoms with Gasteiger partial charge >= 0.3 is 11.9 Å². The predicted octanol–water partition coefficient (Wildman–Crippen LogP) is 4.56. The number of carboxylic acids is 1. The van der Waals surface area contributed by atoms with Crippen LogP contribution < -0.4 is 10.4 Å². The highest BCUT2D eigenvalue weighted by Crippen LogP contribution is 2.36. The fraction of sp³-hybridized carbons (Fsp3) is 0.120. The molecule has 0 saturated carbocycles. The van der Waals surface area contributed by atoms with E-state index in [2.05, 4.69) is 15.6 Å². The zero-order valence-corrected chi connectivity index (χ0v) is 18.3. The summed E-state index contributed by atoms with van der Waals surface area (Å²) in [5.41, 5.74) is 7.37. The highest BCUT2D eigenvalue weighted by molar-refractivity contribution is 6.71. The van der Waals surface area contributed by atoms with Gasteiger partial charge in [0.25, 0.3) is 0 Å². The third-order valence-corrected chi connectivity index (χ3v) is 5.18. The average Bonchev–Trinajstić information content (AvgIpc) is 3.06. The Labute approximate surface area is 190 Å². The summed E-state index contributed by atoms with van der Waals surface area (Å²) in [4.78, 5) is 24.2. The Morgan fingerprint density at radius 3 is 2.39 bits per heavy atom. The number of rotatable bonds is 5. The number of nitrogens with one attached hydrogen (secondary N) is 1. The number of aromatic carboxylic acids is 1. The van der Waals surface area contributed by atoms with Crippen molar-refractivity contribution in [3.8, 4) is 16.9 Å². The molecule has 0 fully saturated rings. The maximum Gasteiger partial charge on any atom is 0.335 e. The van der Waals surface area contributed by atoms with E-state index in [-0.39, 0.29) is 28.6 Å². The standard InChI is InChI=1S/C25H22N4O4/c1-14-10-15(2)12-19(11-14)29-24(31)22(16(3)28-29)27-26-21-9-5-8-20(23(21)30)17-6-4-7-18(13-17)25(32)33/h4-13,26,30H,1-3H3,(H,32,33). The Balaban J connectivity index is 1.62. The Kier molecular flexibility index (Phi) is 5.66. The van der Waals surface area contributed by atoms with Gasteiger partial charge in [0.15, 0.2) is 5.71 Å². The van der Waals surface area contributed by atoms with Crippen LogP contribution in [-0.2, 0) is 4.79 Å². The molecule has 0 saturated heterocycles. The summed E-state index contributed by atoms with van der Waals surface area (Å²) >= 11 is 0. The largest absolute Gasteiger partial charge is 0.505 e. The first-order valence-electron chi connectivity index (χ1n) is 10.2. The zero-order valence-electron chi connectivity index (χ0n) is 18.3. The maximum atomic E-state index is 13.0. The van der Waals surface area contributed by atoms with Crippen LogP contribution in [0.5, 0.6) is 5.75 Å². The molecule has 1 aliphatic rings. The fourth-order valence-corrected chi connectivity index (χ4v) is 3.68. The van der Waals surface area contributed by atoms with Gasteiger partial charge in [-0.2, -0.15) is 15.2 Å². The quantitative estimate of drug-likeness (QED) is 0.396. The van der Waals surface area contributed by atoms with Crippen molar-refractivity contribution in [1.29, 1.82) is 0 Å². The summed E-state index contributed by atoms with van der Waals surface area (Å²) in [6, 6.07) is 17.0. The summed E-state index contributed by atoms with van der Waals surface area (Å²) in [5.74, 6) is -1.55. The molecule has 0 spiro atoms. The second-order valence-corrected chi connectivity index (χ2v) is 7.81. The van der Waals surface area contributed by atoms with Crippen LogP contribution in [0, 0.1) is 13.8 Å². The minimum absolute atomic E-state index is 0.111. The predicted molar refractivity (Wildman–Crippen MR) is 128 cm³/mol. The number of hydrazone groups is 2. The van der Waals surface area contributed by atoms with E-state index in [9.17, 15) is 19.8 Å². The molecule has 0 aromatic heterocycles. The van der Waals surface area contributed by atoms with Crippen LogP contribution in [0.15, 0.2) is 70.9 Å². The SMILES string of the molecule is CC1=NN(c2cc(C)cc(C)c2)C(=O)C1=NNc1cccc(-c2cccc(C(=O)O)c2)c1O. The van der Waals surface area contributed by atoms with E-state index in [1.165, 1.54) is 17.1 Å². The van der Waals surface area contributed by atoms with Gasteiger partial charge in [0.05, 0.1) is 22.6 Å². The molecule has 3 aromatic carbocycles. The average molecular weight is 442 g/mol. The molecule has 1 amide bonds. The second-order valence-electron chi connectivity index (χ2n) is 7.81. The summed E-state index contributed by atoms with van der Waals surface area (Å²) in [7, 11) is 0. The number of carbonyl (C=O) groups excluding carboxylic acids is 1. The topological polar surface area (TPSA) is 115 Å². The summed E-state index contributed by atoms with van der Waals surface area (Å²) in [5, 5.41) is 29.9. The van der Waals surface area contributed by atoms with Crippen molar-refractivity contribution < 1.29 is 19.8 Å². The number of phenols is 1. The first-order valence-corrected chi connectivity index (χ1v) is 10.2. The number of amides is 1. The minimum Gasteiger partial charge on any atom is -0.505 e. The fourth-order valence-electron chi connectivity index (χ4n) is 3.68. The van der Waals surface area contributed by atoms with E-state index in [1.54, 1.807) is 37.3 Å². The third-order valence-electron chi connectivity index (χ3n) is 5.18. The van der Waals surface area contributed by atoms with Crippen molar-refractivity contribution in [2.45, 2.75) is 20.8 Å². The highest BCUT2D eigenvalue weighted by atomic mass is 16.4. The molecular weight excluding hydrogens is 420 g/mol. The first-order chi connectivity index (χ1) is 15.7. The number of carbonyl (C=O) groups is 2. The number of anilines is 2. The number of carboxylic acid groups (broad SMARTS) is 1. The van der Waals surface area contributed by atoms with Gasteiger partial charge in [-0.05, 0) is 67.8 Å². The molecule has 4 rings (SSSR count). The van der Waals surface area contributed by atoms with Gasteiger partial charge in [-0.15, -0.1) is 0 Å². The molecule has 0 unspecified atom stereocenters. The van der Waals surface area contributed by atoms with E-state index in [1.807, 2.05) is 32.0 Å². The van der Waals surface area contributed by atoms with Crippen LogP contribution in [0.25, 0.3) is 11.1 Å². The van der Waals surface area contributed by atoms with Gasteiger partial charge in [0.2, 0.25) is 0 Å². The Morgan fingerprint density at radius 1 is 1.00 bits per heavy atom. The van der Waals surface area contributed by atoms with Crippen molar-refractivity contribution in [2.75, 3.05) is 10.4 Å².